The topological polar surface area (TPSA) is 37.4 Å². The van der Waals surface area contributed by atoms with Crippen LogP contribution in [-0.4, -0.2) is 22.8 Å². The highest BCUT2D eigenvalue weighted by molar-refractivity contribution is 6.13. The Morgan fingerprint density at radius 2 is 1.67 bits per heavy atom. The summed E-state index contributed by atoms with van der Waals surface area (Å²) in [6.45, 7) is 4.40. The lowest BCUT2D eigenvalue weighted by atomic mass is 9.86. The minimum absolute atomic E-state index is 0.108. The Morgan fingerprint density at radius 1 is 1.06 bits per heavy atom. The van der Waals surface area contributed by atoms with Gasteiger partial charge in [-0.3, -0.25) is 14.5 Å². The Hall–Kier alpha value is -1.12. The fraction of sp³-hybridized carbons (Fsp3) is 0.733. The molecule has 1 aliphatic heterocycles. The molecular formula is C15H23NO2. The molecule has 2 amide bonds. The molecule has 0 bridgehead atoms. The van der Waals surface area contributed by atoms with Crippen molar-refractivity contribution in [1.29, 1.82) is 0 Å². The van der Waals surface area contributed by atoms with Crippen LogP contribution in [0.3, 0.4) is 0 Å². The van der Waals surface area contributed by atoms with Crippen molar-refractivity contribution >= 4 is 11.8 Å². The third kappa shape index (κ3) is 2.36. The molecule has 1 fully saturated rings. The number of carbonyl (C=O) groups excluding carboxylic acids is 2. The molecule has 0 radical (unpaired) electrons. The monoisotopic (exact) mass is 249 g/mol. The van der Waals surface area contributed by atoms with Crippen LogP contribution in [0.5, 0.6) is 0 Å². The molecule has 0 saturated heterocycles. The van der Waals surface area contributed by atoms with Gasteiger partial charge in [-0.25, -0.2) is 0 Å². The second kappa shape index (κ2) is 5.68. The quantitative estimate of drug-likeness (QED) is 0.703. The normalized spacial score (nSPS) is 31.7. The smallest absolute Gasteiger partial charge is 0.253 e. The van der Waals surface area contributed by atoms with Crippen molar-refractivity contribution in [3.05, 3.63) is 12.2 Å². The molecule has 1 saturated carbocycles. The number of hydrogen-bond acceptors (Lipinski definition) is 2. The van der Waals surface area contributed by atoms with Crippen molar-refractivity contribution in [2.24, 2.45) is 11.8 Å². The first-order valence-corrected chi connectivity index (χ1v) is 7.24. The minimum Gasteiger partial charge on any atom is -0.272 e. The first-order valence-electron chi connectivity index (χ1n) is 7.24. The van der Waals surface area contributed by atoms with Crippen LogP contribution in [-0.2, 0) is 9.59 Å². The van der Waals surface area contributed by atoms with E-state index in [1.807, 2.05) is 0 Å². The summed E-state index contributed by atoms with van der Waals surface area (Å²) < 4.78 is 0. The molecule has 1 heterocycles. The van der Waals surface area contributed by atoms with Gasteiger partial charge in [0.25, 0.3) is 11.8 Å². The largest absolute Gasteiger partial charge is 0.272 e. The average Bonchev–Trinajstić information content (AvgIpc) is 2.86. The lowest BCUT2D eigenvalue weighted by Gasteiger charge is -2.30. The summed E-state index contributed by atoms with van der Waals surface area (Å²) in [5.41, 5.74) is 0. The van der Waals surface area contributed by atoms with Gasteiger partial charge in [-0.1, -0.05) is 33.1 Å². The molecule has 3 heteroatoms. The van der Waals surface area contributed by atoms with Gasteiger partial charge in [-0.15, -0.1) is 0 Å². The van der Waals surface area contributed by atoms with Gasteiger partial charge in [-0.2, -0.15) is 0 Å². The summed E-state index contributed by atoms with van der Waals surface area (Å²) in [5, 5.41) is 0. The van der Waals surface area contributed by atoms with Crippen molar-refractivity contribution < 1.29 is 9.59 Å². The highest BCUT2D eigenvalue weighted by Crippen LogP contribution is 2.41. The fourth-order valence-electron chi connectivity index (χ4n) is 3.68. The molecule has 1 unspecified atom stereocenters. The predicted molar refractivity (Wildman–Crippen MR) is 70.8 cm³/mol. The summed E-state index contributed by atoms with van der Waals surface area (Å²) in [5.74, 6) is 0.996. The average molecular weight is 249 g/mol. The maximum atomic E-state index is 11.8. The molecule has 100 valence electrons. The van der Waals surface area contributed by atoms with Crippen molar-refractivity contribution in [3.63, 3.8) is 0 Å². The standard InChI is InChI=1S/C15H23NO2/c1-3-5-11-7-8-13(12(11)6-4-2)16-14(17)9-10-15(16)18/h9-13H,3-8H2,1-2H3/t11?,12-,13+/m1/s1. The summed E-state index contributed by atoms with van der Waals surface area (Å²) in [4.78, 5) is 25.1. The van der Waals surface area contributed by atoms with Gasteiger partial charge in [-0.05, 0) is 31.1 Å². The van der Waals surface area contributed by atoms with E-state index >= 15 is 0 Å². The maximum absolute atomic E-state index is 11.8. The Labute approximate surface area is 109 Å². The molecule has 3 atom stereocenters. The first kappa shape index (κ1) is 13.3. The van der Waals surface area contributed by atoms with Gasteiger partial charge >= 0.3 is 0 Å². The van der Waals surface area contributed by atoms with Crippen molar-refractivity contribution in [2.75, 3.05) is 0 Å². The molecule has 2 aliphatic rings. The minimum atomic E-state index is -0.108. The molecule has 2 rings (SSSR count). The van der Waals surface area contributed by atoms with Gasteiger partial charge in [0, 0.05) is 18.2 Å². The Balaban J connectivity index is 2.12. The molecule has 0 spiro atoms. The number of hydrogen-bond donors (Lipinski definition) is 0. The lowest BCUT2D eigenvalue weighted by molar-refractivity contribution is -0.140. The second-order valence-electron chi connectivity index (χ2n) is 5.53. The van der Waals surface area contributed by atoms with E-state index in [9.17, 15) is 9.59 Å². The fourth-order valence-corrected chi connectivity index (χ4v) is 3.68. The zero-order chi connectivity index (χ0) is 13.1. The number of nitrogens with zero attached hydrogens (tertiary/aromatic N) is 1. The molecule has 0 aromatic rings. The Morgan fingerprint density at radius 3 is 2.22 bits per heavy atom. The van der Waals surface area contributed by atoms with Gasteiger partial charge in [0.2, 0.25) is 0 Å². The summed E-state index contributed by atoms with van der Waals surface area (Å²) >= 11 is 0. The summed E-state index contributed by atoms with van der Waals surface area (Å²) in [6, 6.07) is 0.150. The van der Waals surface area contributed by atoms with E-state index in [1.165, 1.54) is 36.3 Å². The van der Waals surface area contributed by atoms with Crippen LogP contribution in [0.1, 0.15) is 52.4 Å². The maximum Gasteiger partial charge on any atom is 0.253 e. The van der Waals surface area contributed by atoms with Crippen LogP contribution < -0.4 is 0 Å². The third-order valence-electron chi connectivity index (χ3n) is 4.39. The molecule has 1 aliphatic carbocycles. The zero-order valence-corrected chi connectivity index (χ0v) is 11.4. The van der Waals surface area contributed by atoms with Crippen LogP contribution >= 0.6 is 0 Å². The first-order chi connectivity index (χ1) is 8.69. The zero-order valence-electron chi connectivity index (χ0n) is 11.4. The molecule has 0 aromatic carbocycles. The number of imide groups is 1. The molecule has 0 N–H and O–H groups in total. The highest BCUT2D eigenvalue weighted by Gasteiger charge is 2.42. The van der Waals surface area contributed by atoms with Crippen LogP contribution in [0.2, 0.25) is 0 Å². The van der Waals surface area contributed by atoms with E-state index in [1.54, 1.807) is 0 Å². The molecule has 0 aromatic heterocycles. The van der Waals surface area contributed by atoms with E-state index in [0.29, 0.717) is 11.8 Å². The number of rotatable bonds is 5. The number of amides is 2. The van der Waals surface area contributed by atoms with Gasteiger partial charge in [0.15, 0.2) is 0 Å². The Bertz CT molecular complexity index is 344. The Kier molecular flexibility index (Phi) is 4.20. The summed E-state index contributed by atoms with van der Waals surface area (Å²) in [6.07, 6.45) is 9.67. The van der Waals surface area contributed by atoms with E-state index in [-0.39, 0.29) is 17.9 Å². The second-order valence-corrected chi connectivity index (χ2v) is 5.53. The third-order valence-corrected chi connectivity index (χ3v) is 4.39. The molecule has 3 nitrogen and oxygen atoms in total. The van der Waals surface area contributed by atoms with E-state index in [0.717, 1.165) is 19.3 Å². The van der Waals surface area contributed by atoms with Crippen LogP contribution in [0.15, 0.2) is 12.2 Å². The number of carbonyl (C=O) groups is 2. The SMILES string of the molecule is CCCC1CC[C@H](N2C(=O)C=CC2=O)[C@@H]1CCC. The van der Waals surface area contributed by atoms with Crippen LogP contribution in [0.4, 0.5) is 0 Å². The van der Waals surface area contributed by atoms with Gasteiger partial charge in [0.05, 0.1) is 0 Å². The van der Waals surface area contributed by atoms with Crippen molar-refractivity contribution in [2.45, 2.75) is 58.4 Å². The van der Waals surface area contributed by atoms with Gasteiger partial charge in [0.1, 0.15) is 0 Å². The van der Waals surface area contributed by atoms with Crippen LogP contribution in [0, 0.1) is 11.8 Å². The molecule has 18 heavy (non-hydrogen) atoms. The summed E-state index contributed by atoms with van der Waals surface area (Å²) in [7, 11) is 0. The van der Waals surface area contributed by atoms with E-state index in [4.69, 9.17) is 0 Å². The van der Waals surface area contributed by atoms with Crippen LogP contribution in [0.25, 0.3) is 0 Å². The van der Waals surface area contributed by atoms with Crippen molar-refractivity contribution in [1.82, 2.24) is 4.90 Å². The van der Waals surface area contributed by atoms with Crippen molar-refractivity contribution in [3.8, 4) is 0 Å². The highest BCUT2D eigenvalue weighted by atomic mass is 16.2. The lowest BCUT2D eigenvalue weighted by Crippen LogP contribution is -2.43. The van der Waals surface area contributed by atoms with E-state index in [2.05, 4.69) is 13.8 Å². The van der Waals surface area contributed by atoms with Gasteiger partial charge < -0.3 is 0 Å². The van der Waals surface area contributed by atoms with E-state index < -0.39 is 0 Å². The molecular weight excluding hydrogens is 226 g/mol. The predicted octanol–water partition coefficient (Wildman–Crippen LogP) is 2.91.